The van der Waals surface area contributed by atoms with E-state index in [9.17, 15) is 48.3 Å². The van der Waals surface area contributed by atoms with Crippen molar-refractivity contribution in [3.8, 4) is 0 Å². The SMILES string of the molecule is CSCC[C@H](NC(=O)[C@@H](N)CC(=O)O)C(=O)N[C@H](C(=O)N[C@@H](CS)C(=O)NCC(=O)NCC(=O)N[C@@H](CS)C(=O)N[C@@H](C)C(=O)O)[C@@H](C)O. The first-order chi connectivity index (χ1) is 22.9. The van der Waals surface area contributed by atoms with Gasteiger partial charge in [-0.2, -0.15) is 37.0 Å². The summed E-state index contributed by atoms with van der Waals surface area (Å²) in [5.41, 5.74) is 5.57. The Bertz CT molecular complexity index is 1210. The summed E-state index contributed by atoms with van der Waals surface area (Å²) in [6.45, 7) is 1.13. The van der Waals surface area contributed by atoms with Gasteiger partial charge in [0, 0.05) is 11.5 Å². The lowest BCUT2D eigenvalue weighted by Gasteiger charge is -2.26. The molecule has 0 saturated carbocycles. The highest BCUT2D eigenvalue weighted by Gasteiger charge is 2.33. The monoisotopic (exact) mass is 756 g/mol. The molecular weight excluding hydrogens is 713 g/mol. The number of amides is 7. The fraction of sp³-hybridized carbons (Fsp3) is 0.654. The number of aliphatic hydroxyl groups excluding tert-OH is 1. The molecule has 0 aliphatic rings. The number of nitrogens with one attached hydrogen (secondary N) is 7. The zero-order valence-corrected chi connectivity index (χ0v) is 29.5. The first kappa shape index (κ1) is 45.2. The third kappa shape index (κ3) is 18.0. The van der Waals surface area contributed by atoms with Crippen molar-refractivity contribution in [2.45, 2.75) is 69.0 Å². The van der Waals surface area contributed by atoms with E-state index >= 15 is 0 Å². The molecule has 0 aliphatic heterocycles. The van der Waals surface area contributed by atoms with E-state index in [1.54, 1.807) is 6.26 Å². The third-order valence-corrected chi connectivity index (χ3v) is 7.66. The molecule has 0 radical (unpaired) electrons. The van der Waals surface area contributed by atoms with E-state index < -0.39 is 115 Å². The van der Waals surface area contributed by atoms with Crippen LogP contribution in [0.25, 0.3) is 0 Å². The molecule has 7 amide bonds. The van der Waals surface area contributed by atoms with Crippen molar-refractivity contribution in [1.29, 1.82) is 0 Å². The molecule has 20 nitrogen and oxygen atoms in total. The molecule has 0 heterocycles. The highest BCUT2D eigenvalue weighted by Crippen LogP contribution is 2.05. The highest BCUT2D eigenvalue weighted by atomic mass is 32.2. The first-order valence-corrected chi connectivity index (χ1v) is 17.2. The van der Waals surface area contributed by atoms with Gasteiger partial charge in [0.25, 0.3) is 0 Å². The summed E-state index contributed by atoms with van der Waals surface area (Å²) < 4.78 is 0. The number of carboxylic acid groups (broad SMARTS) is 2. The lowest BCUT2D eigenvalue weighted by atomic mass is 10.1. The number of carbonyl (C=O) groups excluding carboxylic acids is 7. The summed E-state index contributed by atoms with van der Waals surface area (Å²) in [7, 11) is 0. The van der Waals surface area contributed by atoms with Crippen molar-refractivity contribution in [2.75, 3.05) is 36.6 Å². The Morgan fingerprint density at radius 2 is 1.22 bits per heavy atom. The maximum Gasteiger partial charge on any atom is 0.325 e. The lowest BCUT2D eigenvalue weighted by Crippen LogP contribution is -2.61. The standard InChI is InChI=1S/C26H44N8O12S3/c1-11(26(45)46)30-24(43)16(10-48)31-18(37)8-28-17(36)7-29-22(41)15(9-47)33-25(44)20(12(2)35)34-23(42)14(4-5-49-3)32-21(40)13(27)6-19(38)39/h11-16,20,35,47-48H,4-10,27H2,1-3H3,(H,28,36)(H,29,41)(H,30,43)(H,31,37)(H,32,40)(H,33,44)(H,34,42)(H,38,39)(H,45,46)/t11-,12+,13-,14-,15-,16-,20-/m0/s1. The molecule has 278 valence electrons. The Morgan fingerprint density at radius 1 is 0.694 bits per heavy atom. The first-order valence-electron chi connectivity index (χ1n) is 14.5. The van der Waals surface area contributed by atoms with Crippen molar-refractivity contribution in [3.05, 3.63) is 0 Å². The fourth-order valence-corrected chi connectivity index (χ4v) is 4.51. The number of hydrogen-bond donors (Lipinski definition) is 13. The molecule has 0 unspecified atom stereocenters. The normalized spacial score (nSPS) is 15.0. The van der Waals surface area contributed by atoms with Crippen LogP contribution in [0.3, 0.4) is 0 Å². The molecule has 0 saturated heterocycles. The van der Waals surface area contributed by atoms with Crippen LogP contribution in [0, 0.1) is 0 Å². The van der Waals surface area contributed by atoms with Gasteiger partial charge in [0.15, 0.2) is 0 Å². The number of thioether (sulfide) groups is 1. The van der Waals surface area contributed by atoms with E-state index in [0.29, 0.717) is 5.75 Å². The van der Waals surface area contributed by atoms with Crippen LogP contribution in [0.4, 0.5) is 0 Å². The third-order valence-electron chi connectivity index (χ3n) is 6.29. The average molecular weight is 757 g/mol. The van der Waals surface area contributed by atoms with E-state index in [1.165, 1.54) is 25.6 Å². The summed E-state index contributed by atoms with van der Waals surface area (Å²) in [5, 5.41) is 43.8. The maximum absolute atomic E-state index is 13.0. The number of nitrogens with two attached hydrogens (primary N) is 1. The Hall–Kier alpha value is -3.80. The quantitative estimate of drug-likeness (QED) is 0.0433. The van der Waals surface area contributed by atoms with Gasteiger partial charge >= 0.3 is 11.9 Å². The van der Waals surface area contributed by atoms with Gasteiger partial charge in [0.2, 0.25) is 41.4 Å². The molecule has 0 spiro atoms. The number of hydrogen-bond acceptors (Lipinski definition) is 14. The average Bonchev–Trinajstić information content (AvgIpc) is 3.03. The van der Waals surface area contributed by atoms with Crippen LogP contribution in [0.15, 0.2) is 0 Å². The van der Waals surface area contributed by atoms with Gasteiger partial charge in [0.1, 0.15) is 30.2 Å². The van der Waals surface area contributed by atoms with Gasteiger partial charge < -0.3 is 58.3 Å². The van der Waals surface area contributed by atoms with Gasteiger partial charge in [-0.1, -0.05) is 0 Å². The van der Waals surface area contributed by atoms with Crippen molar-refractivity contribution >= 4 is 90.3 Å². The zero-order valence-electron chi connectivity index (χ0n) is 26.9. The molecule has 23 heteroatoms. The number of rotatable bonds is 23. The maximum atomic E-state index is 13.0. The summed E-state index contributed by atoms with van der Waals surface area (Å²) in [6.07, 6.45) is -0.392. The van der Waals surface area contributed by atoms with Crippen molar-refractivity contribution in [3.63, 3.8) is 0 Å². The zero-order chi connectivity index (χ0) is 37.8. The fourth-order valence-electron chi connectivity index (χ4n) is 3.53. The van der Waals surface area contributed by atoms with Crippen LogP contribution in [-0.2, 0) is 43.2 Å². The molecule has 0 aromatic heterocycles. The van der Waals surface area contributed by atoms with Gasteiger partial charge in [0.05, 0.1) is 31.7 Å². The summed E-state index contributed by atoms with van der Waals surface area (Å²) in [5.74, 6) is -8.91. The van der Waals surface area contributed by atoms with E-state index in [0.717, 1.165) is 0 Å². The number of carboxylic acids is 2. The smallest absolute Gasteiger partial charge is 0.325 e. The molecule has 0 fully saturated rings. The topological polar surface area (TPSA) is 325 Å². The van der Waals surface area contributed by atoms with Crippen LogP contribution in [-0.4, -0.2) is 148 Å². The van der Waals surface area contributed by atoms with Gasteiger partial charge in [-0.15, -0.1) is 0 Å². The molecule has 0 aromatic carbocycles. The van der Waals surface area contributed by atoms with Crippen LogP contribution in [0.1, 0.15) is 26.7 Å². The number of carbonyl (C=O) groups is 9. The molecular formula is C26H44N8O12S3. The minimum Gasteiger partial charge on any atom is -0.481 e. The van der Waals surface area contributed by atoms with Crippen molar-refractivity contribution < 1.29 is 58.5 Å². The van der Waals surface area contributed by atoms with Gasteiger partial charge in [-0.3, -0.25) is 43.2 Å². The van der Waals surface area contributed by atoms with E-state index in [1.807, 2.05) is 0 Å². The Labute approximate surface area is 296 Å². The Morgan fingerprint density at radius 3 is 1.73 bits per heavy atom. The van der Waals surface area contributed by atoms with Crippen LogP contribution >= 0.6 is 37.0 Å². The van der Waals surface area contributed by atoms with Gasteiger partial charge in [-0.25, -0.2) is 0 Å². The predicted octanol–water partition coefficient (Wildman–Crippen LogP) is -5.46. The largest absolute Gasteiger partial charge is 0.481 e. The lowest BCUT2D eigenvalue weighted by molar-refractivity contribution is -0.141. The second kappa shape index (κ2) is 23.5. The second-order valence-electron chi connectivity index (χ2n) is 10.4. The summed E-state index contributed by atoms with van der Waals surface area (Å²) >= 11 is 9.30. The molecule has 7 atom stereocenters. The minimum atomic E-state index is -1.62. The van der Waals surface area contributed by atoms with E-state index in [4.69, 9.17) is 15.9 Å². The molecule has 0 bridgehead atoms. The van der Waals surface area contributed by atoms with Crippen LogP contribution in [0.2, 0.25) is 0 Å². The van der Waals surface area contributed by atoms with Crippen LogP contribution < -0.4 is 43.0 Å². The Kier molecular flexibility index (Phi) is 21.7. The van der Waals surface area contributed by atoms with E-state index in [2.05, 4.69) is 62.5 Å². The summed E-state index contributed by atoms with van der Waals surface area (Å²) in [4.78, 5) is 109. The minimum absolute atomic E-state index is 0.0647. The molecule has 49 heavy (non-hydrogen) atoms. The molecule has 12 N–H and O–H groups in total. The predicted molar refractivity (Wildman–Crippen MR) is 182 cm³/mol. The van der Waals surface area contributed by atoms with Gasteiger partial charge in [-0.05, 0) is 32.3 Å². The summed E-state index contributed by atoms with van der Waals surface area (Å²) in [6, 6.07) is -8.12. The number of aliphatic carboxylic acids is 2. The van der Waals surface area contributed by atoms with E-state index in [-0.39, 0.29) is 17.9 Å². The van der Waals surface area contributed by atoms with Crippen molar-refractivity contribution in [2.24, 2.45) is 5.73 Å². The number of aliphatic hydroxyl groups is 1. The molecule has 0 aromatic rings. The number of thiol groups is 2. The second-order valence-corrected chi connectivity index (χ2v) is 12.1. The van der Waals surface area contributed by atoms with Crippen LogP contribution in [0.5, 0.6) is 0 Å². The molecule has 0 rings (SSSR count). The van der Waals surface area contributed by atoms with Crippen molar-refractivity contribution in [1.82, 2.24) is 37.2 Å². The molecule has 0 aliphatic carbocycles. The highest BCUT2D eigenvalue weighted by molar-refractivity contribution is 7.98. The Balaban J connectivity index is 5.18.